The molecule has 1 saturated heterocycles. The molecule has 0 unspecified atom stereocenters. The molecule has 2 rings (SSSR count). The van der Waals surface area contributed by atoms with Crippen molar-refractivity contribution in [3.8, 4) is 0 Å². The molecule has 0 spiro atoms. The van der Waals surface area contributed by atoms with Gasteiger partial charge in [0.25, 0.3) is 0 Å². The summed E-state index contributed by atoms with van der Waals surface area (Å²) in [6.07, 6.45) is 0. The lowest BCUT2D eigenvalue weighted by atomic mass is 10.0. The van der Waals surface area contributed by atoms with Gasteiger partial charge in [-0.15, -0.1) is 0 Å². The highest BCUT2D eigenvalue weighted by Gasteiger charge is 2.28. The predicted octanol–water partition coefficient (Wildman–Crippen LogP) is 2.24. The number of hydrogen-bond acceptors (Lipinski definition) is 3. The lowest BCUT2D eigenvalue weighted by Crippen LogP contribution is -2.48. The van der Waals surface area contributed by atoms with Gasteiger partial charge in [0.05, 0.1) is 12.2 Å². The number of nitrogens with two attached hydrogens (primary N) is 1. The molecule has 1 aliphatic heterocycles. The van der Waals surface area contributed by atoms with Crippen LogP contribution in [0.3, 0.4) is 0 Å². The fourth-order valence-corrected chi connectivity index (χ4v) is 2.51. The van der Waals surface area contributed by atoms with E-state index in [2.05, 4.69) is 43.9 Å². The molecule has 0 aliphatic carbocycles. The maximum absolute atomic E-state index is 5.83. The highest BCUT2D eigenvalue weighted by atomic mass is 32.1. The average Bonchev–Trinajstić information content (AvgIpc) is 2.27. The maximum Gasteiger partial charge on any atom is 0.106 e. The summed E-state index contributed by atoms with van der Waals surface area (Å²) in [5, 5.41) is 0. The summed E-state index contributed by atoms with van der Waals surface area (Å²) in [6.45, 7) is 8.72. The first kappa shape index (κ1) is 13.3. The third-order valence-electron chi connectivity index (χ3n) is 3.18. The fourth-order valence-electron chi connectivity index (χ4n) is 2.35. The van der Waals surface area contributed by atoms with Crippen LogP contribution in [0.5, 0.6) is 0 Å². The second-order valence-corrected chi connectivity index (χ2v) is 5.85. The Hall–Kier alpha value is -1.13. The molecule has 0 amide bonds. The van der Waals surface area contributed by atoms with Gasteiger partial charge >= 0.3 is 0 Å². The molecule has 1 aliphatic rings. The van der Waals surface area contributed by atoms with Crippen molar-refractivity contribution in [2.75, 3.05) is 24.6 Å². The van der Waals surface area contributed by atoms with Gasteiger partial charge in [-0.2, -0.15) is 0 Å². The number of ether oxygens (including phenoxy) is 1. The third-order valence-corrected chi connectivity index (χ3v) is 3.40. The molecule has 0 radical (unpaired) electrons. The van der Waals surface area contributed by atoms with Crippen molar-refractivity contribution >= 4 is 22.9 Å². The number of rotatable bonds is 2. The summed E-state index contributed by atoms with van der Waals surface area (Å²) in [5.41, 5.74) is 8.95. The van der Waals surface area contributed by atoms with E-state index < -0.39 is 0 Å². The first-order valence-corrected chi connectivity index (χ1v) is 6.59. The van der Waals surface area contributed by atoms with Gasteiger partial charge in [0.2, 0.25) is 0 Å². The number of aryl methyl sites for hydroxylation is 1. The van der Waals surface area contributed by atoms with Crippen molar-refractivity contribution in [2.24, 2.45) is 5.73 Å². The summed E-state index contributed by atoms with van der Waals surface area (Å²) < 4.78 is 5.74. The van der Waals surface area contributed by atoms with Crippen LogP contribution in [0.25, 0.3) is 0 Å². The van der Waals surface area contributed by atoms with E-state index in [4.69, 9.17) is 22.7 Å². The average molecular weight is 264 g/mol. The Morgan fingerprint density at radius 2 is 2.17 bits per heavy atom. The largest absolute Gasteiger partial charge is 0.389 e. The van der Waals surface area contributed by atoms with E-state index in [0.717, 1.165) is 30.9 Å². The smallest absolute Gasteiger partial charge is 0.106 e. The van der Waals surface area contributed by atoms with E-state index in [1.165, 1.54) is 5.56 Å². The molecule has 98 valence electrons. The first-order valence-electron chi connectivity index (χ1n) is 6.18. The summed E-state index contributed by atoms with van der Waals surface area (Å²) >= 11 is 5.16. The number of nitrogens with zero attached hydrogens (tertiary/aromatic N) is 1. The van der Waals surface area contributed by atoms with Crippen LogP contribution in [-0.2, 0) is 4.74 Å². The Labute approximate surface area is 114 Å². The normalized spacial score (nSPS) is 18.7. The lowest BCUT2D eigenvalue weighted by molar-refractivity contribution is -0.0276. The highest BCUT2D eigenvalue weighted by Crippen LogP contribution is 2.27. The van der Waals surface area contributed by atoms with Crippen LogP contribution in [-0.4, -0.2) is 30.3 Å². The van der Waals surface area contributed by atoms with Crippen LogP contribution in [0.2, 0.25) is 0 Å². The van der Waals surface area contributed by atoms with Crippen molar-refractivity contribution in [3.63, 3.8) is 0 Å². The van der Waals surface area contributed by atoms with E-state index in [1.54, 1.807) is 0 Å². The predicted molar refractivity (Wildman–Crippen MR) is 79.3 cm³/mol. The minimum Gasteiger partial charge on any atom is -0.389 e. The van der Waals surface area contributed by atoms with E-state index in [9.17, 15) is 0 Å². The SMILES string of the molecule is Cc1ccc(N2CCOC(C)(C)C2)c(C(N)=S)c1. The number of anilines is 1. The zero-order chi connectivity index (χ0) is 13.3. The van der Waals surface area contributed by atoms with Gasteiger partial charge in [-0.1, -0.05) is 23.8 Å². The van der Waals surface area contributed by atoms with Gasteiger partial charge < -0.3 is 15.4 Å². The molecular formula is C14H20N2OS. The standard InChI is InChI=1S/C14H20N2OS/c1-10-4-5-12(11(8-10)13(15)18)16-6-7-17-14(2,3)9-16/h4-5,8H,6-7,9H2,1-3H3,(H2,15,18). The molecule has 2 N–H and O–H groups in total. The highest BCUT2D eigenvalue weighted by molar-refractivity contribution is 7.80. The number of hydrogen-bond donors (Lipinski definition) is 1. The second-order valence-electron chi connectivity index (χ2n) is 5.41. The van der Waals surface area contributed by atoms with E-state index in [-0.39, 0.29) is 5.60 Å². The van der Waals surface area contributed by atoms with Crippen molar-refractivity contribution in [2.45, 2.75) is 26.4 Å². The Morgan fingerprint density at radius 1 is 1.44 bits per heavy atom. The van der Waals surface area contributed by atoms with Crippen LogP contribution >= 0.6 is 12.2 Å². The van der Waals surface area contributed by atoms with Gasteiger partial charge in [-0.3, -0.25) is 0 Å². The number of morpholine rings is 1. The molecule has 4 heteroatoms. The Bertz CT molecular complexity index is 471. The molecule has 18 heavy (non-hydrogen) atoms. The quantitative estimate of drug-likeness (QED) is 0.832. The van der Waals surface area contributed by atoms with Crippen LogP contribution in [0.1, 0.15) is 25.0 Å². The van der Waals surface area contributed by atoms with Crippen molar-refractivity contribution in [1.29, 1.82) is 0 Å². The van der Waals surface area contributed by atoms with Gasteiger partial charge in [0.1, 0.15) is 4.99 Å². The minimum atomic E-state index is -0.128. The molecule has 3 nitrogen and oxygen atoms in total. The molecule has 1 heterocycles. The van der Waals surface area contributed by atoms with Crippen LogP contribution in [0.15, 0.2) is 18.2 Å². The van der Waals surface area contributed by atoms with E-state index >= 15 is 0 Å². The Kier molecular flexibility index (Phi) is 3.59. The Morgan fingerprint density at radius 3 is 2.78 bits per heavy atom. The third kappa shape index (κ3) is 2.82. The van der Waals surface area contributed by atoms with Crippen molar-refractivity contribution < 1.29 is 4.74 Å². The van der Waals surface area contributed by atoms with E-state index in [1.807, 2.05) is 0 Å². The molecule has 0 aromatic heterocycles. The fraction of sp³-hybridized carbons (Fsp3) is 0.500. The van der Waals surface area contributed by atoms with Gasteiger partial charge in [-0.05, 0) is 32.9 Å². The zero-order valence-electron chi connectivity index (χ0n) is 11.2. The lowest BCUT2D eigenvalue weighted by Gasteiger charge is -2.40. The monoisotopic (exact) mass is 264 g/mol. The van der Waals surface area contributed by atoms with Gasteiger partial charge in [0, 0.05) is 24.3 Å². The minimum absolute atomic E-state index is 0.128. The van der Waals surface area contributed by atoms with Crippen LogP contribution < -0.4 is 10.6 Å². The van der Waals surface area contributed by atoms with Crippen molar-refractivity contribution in [3.05, 3.63) is 29.3 Å². The van der Waals surface area contributed by atoms with Crippen LogP contribution in [0, 0.1) is 6.92 Å². The summed E-state index contributed by atoms with van der Waals surface area (Å²) in [7, 11) is 0. The topological polar surface area (TPSA) is 38.5 Å². The zero-order valence-corrected chi connectivity index (χ0v) is 12.0. The molecular weight excluding hydrogens is 244 g/mol. The van der Waals surface area contributed by atoms with Crippen molar-refractivity contribution in [1.82, 2.24) is 0 Å². The Balaban J connectivity index is 2.35. The number of benzene rings is 1. The number of thiocarbonyl (C=S) groups is 1. The van der Waals surface area contributed by atoms with Gasteiger partial charge in [0.15, 0.2) is 0 Å². The first-order chi connectivity index (χ1) is 8.39. The summed E-state index contributed by atoms with van der Waals surface area (Å²) in [6, 6.07) is 6.25. The summed E-state index contributed by atoms with van der Waals surface area (Å²) in [5.74, 6) is 0. The molecule has 1 aromatic carbocycles. The van der Waals surface area contributed by atoms with E-state index in [0.29, 0.717) is 4.99 Å². The molecule has 1 aromatic rings. The van der Waals surface area contributed by atoms with Crippen LogP contribution in [0.4, 0.5) is 5.69 Å². The molecule has 0 saturated carbocycles. The van der Waals surface area contributed by atoms with Gasteiger partial charge in [-0.25, -0.2) is 0 Å². The summed E-state index contributed by atoms with van der Waals surface area (Å²) in [4.78, 5) is 2.76. The molecule has 0 atom stereocenters. The maximum atomic E-state index is 5.83. The second kappa shape index (κ2) is 4.86. The molecule has 0 bridgehead atoms. The molecule has 1 fully saturated rings.